The highest BCUT2D eigenvalue weighted by atomic mass is 32.2. The summed E-state index contributed by atoms with van der Waals surface area (Å²) in [5, 5.41) is 15.8. The van der Waals surface area contributed by atoms with Crippen LogP contribution in [0.4, 0.5) is 5.00 Å². The second-order valence-corrected chi connectivity index (χ2v) is 9.92. The molecule has 8 nitrogen and oxygen atoms in total. The van der Waals surface area contributed by atoms with E-state index in [0.717, 1.165) is 21.3 Å². The van der Waals surface area contributed by atoms with Gasteiger partial charge >= 0.3 is 0 Å². The van der Waals surface area contributed by atoms with E-state index in [1.165, 1.54) is 23.5 Å². The van der Waals surface area contributed by atoms with Gasteiger partial charge in [0.2, 0.25) is 10.0 Å². The zero-order valence-electron chi connectivity index (χ0n) is 17.1. The van der Waals surface area contributed by atoms with Crippen LogP contribution >= 0.6 is 11.3 Å². The molecule has 2 heterocycles. The molecule has 0 aliphatic rings. The van der Waals surface area contributed by atoms with Gasteiger partial charge in [-0.05, 0) is 29.7 Å². The van der Waals surface area contributed by atoms with Crippen LogP contribution in [-0.4, -0.2) is 30.1 Å². The first kappa shape index (κ1) is 22.3. The van der Waals surface area contributed by atoms with Gasteiger partial charge in [-0.2, -0.15) is 0 Å². The van der Waals surface area contributed by atoms with Crippen LogP contribution in [0.3, 0.4) is 0 Å². The summed E-state index contributed by atoms with van der Waals surface area (Å²) in [4.78, 5) is 10.1. The maximum Gasteiger partial charge on any atom is 0.238 e. The third kappa shape index (κ3) is 4.36. The zero-order chi connectivity index (χ0) is 22.9. The van der Waals surface area contributed by atoms with Crippen molar-refractivity contribution in [3.05, 3.63) is 71.7 Å². The summed E-state index contributed by atoms with van der Waals surface area (Å²) in [5.41, 5.74) is 16.1. The fraction of sp³-hybridized carbons (Fsp3) is 0.182. The molecule has 166 valence electrons. The summed E-state index contributed by atoms with van der Waals surface area (Å²) in [6, 6.07) is 15.2. The van der Waals surface area contributed by atoms with Crippen LogP contribution in [0.5, 0.6) is 0 Å². The largest absolute Gasteiger partial charge is 0.396 e. The first-order valence-electron chi connectivity index (χ1n) is 9.93. The molecule has 7 N–H and O–H groups in total. The standard InChI is InChI=1S/C22H23N5O3S2/c23-19(14-8-10-15(11-9-14)32(25,29)30)20-18-17(13-5-2-1-3-6-13)21(24)31-22(18)27-16(26-20)7-4-12-28/h1-3,5-6,8-11,19,28H,4,7,12,23-24H2,(H2,25,29,30). The van der Waals surface area contributed by atoms with Gasteiger partial charge in [-0.15, -0.1) is 0 Å². The number of aryl methyl sites for hydroxylation is 1. The SMILES string of the molecule is Nc1sc2nc(CCCO)nc(C(N)c3ccc(S(N)(=O)=O)cc3)c2c1-c1ccccc1. The first-order valence-corrected chi connectivity index (χ1v) is 12.3. The average molecular weight is 470 g/mol. The van der Waals surface area contributed by atoms with Crippen LogP contribution < -0.4 is 16.6 Å². The molecule has 1 unspecified atom stereocenters. The number of rotatable bonds is 7. The number of nitrogen functional groups attached to an aromatic ring is 1. The minimum Gasteiger partial charge on any atom is -0.396 e. The van der Waals surface area contributed by atoms with Gasteiger partial charge in [0.25, 0.3) is 0 Å². The Morgan fingerprint density at radius 2 is 1.72 bits per heavy atom. The molecule has 0 spiro atoms. The normalized spacial score (nSPS) is 12.8. The van der Waals surface area contributed by atoms with Crippen LogP contribution in [0, 0.1) is 0 Å². The molecule has 1 atom stereocenters. The van der Waals surface area contributed by atoms with E-state index in [4.69, 9.17) is 21.6 Å². The summed E-state index contributed by atoms with van der Waals surface area (Å²) < 4.78 is 23.2. The van der Waals surface area contributed by atoms with E-state index in [-0.39, 0.29) is 11.5 Å². The van der Waals surface area contributed by atoms with Crippen LogP contribution in [0.25, 0.3) is 21.3 Å². The first-order chi connectivity index (χ1) is 15.3. The Kier molecular flexibility index (Phi) is 6.22. The van der Waals surface area contributed by atoms with Crippen molar-refractivity contribution in [2.45, 2.75) is 23.8 Å². The number of nitrogens with two attached hydrogens (primary N) is 3. The lowest BCUT2D eigenvalue weighted by Gasteiger charge is -2.16. The number of sulfonamides is 1. The molecule has 0 bridgehead atoms. The second-order valence-electron chi connectivity index (χ2n) is 7.33. The van der Waals surface area contributed by atoms with Crippen molar-refractivity contribution in [1.29, 1.82) is 0 Å². The number of hydrogen-bond acceptors (Lipinski definition) is 8. The monoisotopic (exact) mass is 469 g/mol. The van der Waals surface area contributed by atoms with Crippen molar-refractivity contribution in [2.75, 3.05) is 12.3 Å². The Labute approximate surface area is 189 Å². The molecule has 2 aromatic carbocycles. The minimum atomic E-state index is -3.81. The van der Waals surface area contributed by atoms with Crippen LogP contribution in [-0.2, 0) is 16.4 Å². The maximum absolute atomic E-state index is 11.6. The van der Waals surface area contributed by atoms with Crippen molar-refractivity contribution < 1.29 is 13.5 Å². The van der Waals surface area contributed by atoms with E-state index in [0.29, 0.717) is 34.9 Å². The van der Waals surface area contributed by atoms with E-state index in [1.807, 2.05) is 30.3 Å². The molecule has 32 heavy (non-hydrogen) atoms. The molecule has 10 heteroatoms. The molecule has 4 rings (SSSR count). The lowest BCUT2D eigenvalue weighted by Crippen LogP contribution is -2.17. The van der Waals surface area contributed by atoms with E-state index in [9.17, 15) is 13.5 Å². The number of thiophene rings is 1. The summed E-state index contributed by atoms with van der Waals surface area (Å²) in [7, 11) is -3.81. The molecule has 0 aliphatic carbocycles. The lowest BCUT2D eigenvalue weighted by atomic mass is 9.97. The van der Waals surface area contributed by atoms with Gasteiger partial charge in [-0.1, -0.05) is 53.8 Å². The van der Waals surface area contributed by atoms with Gasteiger partial charge in [-0.25, -0.2) is 23.5 Å². The van der Waals surface area contributed by atoms with Gasteiger partial charge in [0.15, 0.2) is 0 Å². The predicted octanol–water partition coefficient (Wildman–Crippen LogP) is 2.56. The Balaban J connectivity index is 1.91. The third-order valence-corrected chi connectivity index (χ3v) is 6.98. The number of aromatic nitrogens is 2. The van der Waals surface area contributed by atoms with E-state index in [2.05, 4.69) is 4.98 Å². The van der Waals surface area contributed by atoms with Crippen molar-refractivity contribution in [1.82, 2.24) is 9.97 Å². The Morgan fingerprint density at radius 1 is 1.03 bits per heavy atom. The van der Waals surface area contributed by atoms with Crippen molar-refractivity contribution in [3.8, 4) is 11.1 Å². The number of hydrogen-bond donors (Lipinski definition) is 4. The van der Waals surface area contributed by atoms with E-state index < -0.39 is 16.1 Å². The quantitative estimate of drug-likeness (QED) is 0.324. The minimum absolute atomic E-state index is 0.00896. The fourth-order valence-corrected chi connectivity index (χ4v) is 5.08. The smallest absolute Gasteiger partial charge is 0.238 e. The number of primary sulfonamides is 1. The zero-order valence-corrected chi connectivity index (χ0v) is 18.7. The Morgan fingerprint density at radius 3 is 2.34 bits per heavy atom. The van der Waals surface area contributed by atoms with Gasteiger partial charge in [0.1, 0.15) is 10.7 Å². The molecule has 4 aromatic rings. The molecule has 0 saturated heterocycles. The van der Waals surface area contributed by atoms with E-state index >= 15 is 0 Å². The van der Waals surface area contributed by atoms with Gasteiger partial charge in [-0.3, -0.25) is 0 Å². The number of fused-ring (bicyclic) bond motifs is 1. The molecule has 0 amide bonds. The van der Waals surface area contributed by atoms with Crippen LogP contribution in [0.1, 0.15) is 29.5 Å². The molecule has 0 radical (unpaired) electrons. The number of nitrogens with zero attached hydrogens (tertiary/aromatic N) is 2. The van der Waals surface area contributed by atoms with Crippen molar-refractivity contribution in [2.24, 2.45) is 10.9 Å². The van der Waals surface area contributed by atoms with Crippen molar-refractivity contribution >= 4 is 36.6 Å². The Hall–Kier alpha value is -2.89. The van der Waals surface area contributed by atoms with Gasteiger partial charge in [0, 0.05) is 24.0 Å². The highest BCUT2D eigenvalue weighted by Crippen LogP contribution is 2.43. The summed E-state index contributed by atoms with van der Waals surface area (Å²) in [6.45, 7) is 0.0274. The van der Waals surface area contributed by atoms with Crippen LogP contribution in [0.15, 0.2) is 59.5 Å². The second kappa shape index (κ2) is 8.93. The number of aliphatic hydroxyl groups excluding tert-OH is 1. The van der Waals surface area contributed by atoms with Gasteiger partial charge < -0.3 is 16.6 Å². The maximum atomic E-state index is 11.6. The number of aliphatic hydroxyl groups is 1. The topological polar surface area (TPSA) is 158 Å². The summed E-state index contributed by atoms with van der Waals surface area (Å²) >= 11 is 1.37. The lowest BCUT2D eigenvalue weighted by molar-refractivity contribution is 0.287. The number of anilines is 1. The predicted molar refractivity (Wildman–Crippen MR) is 127 cm³/mol. The highest BCUT2D eigenvalue weighted by molar-refractivity contribution is 7.89. The molecule has 0 fully saturated rings. The molecular formula is C22H23N5O3S2. The molecule has 0 aliphatic heterocycles. The summed E-state index contributed by atoms with van der Waals surface area (Å²) in [6.07, 6.45) is 1.02. The van der Waals surface area contributed by atoms with Crippen LogP contribution in [0.2, 0.25) is 0 Å². The van der Waals surface area contributed by atoms with Gasteiger partial charge in [0.05, 0.1) is 21.6 Å². The third-order valence-electron chi connectivity index (χ3n) is 5.14. The van der Waals surface area contributed by atoms with E-state index in [1.54, 1.807) is 12.1 Å². The Bertz CT molecular complexity index is 1350. The summed E-state index contributed by atoms with van der Waals surface area (Å²) in [5.74, 6) is 0.569. The molecular weight excluding hydrogens is 446 g/mol. The number of benzene rings is 2. The molecule has 0 saturated carbocycles. The molecule has 2 aromatic heterocycles. The fourth-order valence-electron chi connectivity index (χ4n) is 3.58. The van der Waals surface area contributed by atoms with Crippen molar-refractivity contribution in [3.63, 3.8) is 0 Å². The highest BCUT2D eigenvalue weighted by Gasteiger charge is 2.23. The average Bonchev–Trinajstić information content (AvgIpc) is 3.12.